The summed E-state index contributed by atoms with van der Waals surface area (Å²) in [6, 6.07) is 6.71. The van der Waals surface area contributed by atoms with E-state index in [4.69, 9.17) is 10.00 Å². The van der Waals surface area contributed by atoms with E-state index in [-0.39, 0.29) is 24.7 Å². The predicted octanol–water partition coefficient (Wildman–Crippen LogP) is 3.81. The fourth-order valence-electron chi connectivity index (χ4n) is 2.20. The van der Waals surface area contributed by atoms with Gasteiger partial charge in [-0.1, -0.05) is 0 Å². The van der Waals surface area contributed by atoms with Gasteiger partial charge in [-0.25, -0.2) is 0 Å². The summed E-state index contributed by atoms with van der Waals surface area (Å²) in [5, 5.41) is 15.9. The minimum absolute atomic E-state index is 0.0697. The van der Waals surface area contributed by atoms with Crippen LogP contribution in [0.5, 0.6) is 5.88 Å². The number of hydrogen-bond donors (Lipinski definition) is 0. The largest absolute Gasteiger partial charge is 0.475 e. The van der Waals surface area contributed by atoms with Crippen LogP contribution in [0.1, 0.15) is 11.1 Å². The molecule has 1 aromatic carbocycles. The molecule has 0 bridgehead atoms. The van der Waals surface area contributed by atoms with Crippen LogP contribution in [0.3, 0.4) is 0 Å². The van der Waals surface area contributed by atoms with E-state index in [0.29, 0.717) is 11.0 Å². The smallest absolute Gasteiger partial charge is 0.417 e. The second kappa shape index (κ2) is 8.11. The molecule has 0 radical (unpaired) electrons. The van der Waals surface area contributed by atoms with Crippen molar-refractivity contribution in [3.8, 4) is 11.9 Å². The predicted molar refractivity (Wildman–Crippen MR) is 82.0 cm³/mol. The van der Waals surface area contributed by atoms with Crippen LogP contribution in [-0.2, 0) is 6.18 Å². The van der Waals surface area contributed by atoms with Crippen molar-refractivity contribution >= 4 is 5.69 Å². The normalized spacial score (nSPS) is 11.7. The van der Waals surface area contributed by atoms with Crippen LogP contribution in [0.25, 0.3) is 0 Å². The quantitative estimate of drug-likeness (QED) is 0.702. The van der Waals surface area contributed by atoms with Crippen LogP contribution in [0.4, 0.5) is 32.0 Å². The Kier molecular flexibility index (Phi) is 6.09. The minimum Gasteiger partial charge on any atom is -0.475 e. The van der Waals surface area contributed by atoms with Gasteiger partial charge in [0.05, 0.1) is 23.7 Å². The summed E-state index contributed by atoms with van der Waals surface area (Å²) in [7, 11) is 0. The fourth-order valence-corrected chi connectivity index (χ4v) is 2.20. The van der Waals surface area contributed by atoms with Gasteiger partial charge in [0.2, 0.25) is 5.88 Å². The highest BCUT2D eigenvalue weighted by atomic mass is 19.4. The standard InChI is InChI=1S/C16H12F6N4O/c17-15(18,19)10-26(6-7-27-14-2-1-5-24-25-14)12-4-3-11(9-23)13(8-12)16(20,21)22/h1-5,8H,6-7,10H2. The maximum atomic E-state index is 13.1. The first-order chi connectivity index (χ1) is 12.6. The van der Waals surface area contributed by atoms with Gasteiger partial charge in [0.1, 0.15) is 13.2 Å². The van der Waals surface area contributed by atoms with Gasteiger partial charge in [0, 0.05) is 18.0 Å². The number of anilines is 1. The lowest BCUT2D eigenvalue weighted by molar-refractivity contribution is -0.137. The summed E-state index contributed by atoms with van der Waals surface area (Å²) < 4.78 is 82.9. The molecule has 144 valence electrons. The lowest BCUT2D eigenvalue weighted by atomic mass is 10.1. The summed E-state index contributed by atoms with van der Waals surface area (Å²) in [4.78, 5) is 0.687. The maximum absolute atomic E-state index is 13.1. The third-order valence-corrected chi connectivity index (χ3v) is 3.32. The summed E-state index contributed by atoms with van der Waals surface area (Å²) in [5.74, 6) is 0.0697. The molecule has 5 nitrogen and oxygen atoms in total. The van der Waals surface area contributed by atoms with Gasteiger partial charge in [-0.15, -0.1) is 5.10 Å². The van der Waals surface area contributed by atoms with Gasteiger partial charge < -0.3 is 9.64 Å². The van der Waals surface area contributed by atoms with Crippen molar-refractivity contribution in [1.82, 2.24) is 10.2 Å². The summed E-state index contributed by atoms with van der Waals surface area (Å²) in [6.45, 7) is -2.12. The molecule has 1 heterocycles. The highest BCUT2D eigenvalue weighted by Gasteiger charge is 2.36. The monoisotopic (exact) mass is 390 g/mol. The molecule has 0 aliphatic carbocycles. The van der Waals surface area contributed by atoms with E-state index in [1.807, 2.05) is 0 Å². The lowest BCUT2D eigenvalue weighted by Gasteiger charge is -2.26. The minimum atomic E-state index is -4.87. The second-order valence-corrected chi connectivity index (χ2v) is 5.29. The lowest BCUT2D eigenvalue weighted by Crippen LogP contribution is -2.37. The van der Waals surface area contributed by atoms with E-state index < -0.39 is 30.0 Å². The highest BCUT2D eigenvalue weighted by Crippen LogP contribution is 2.35. The first-order valence-corrected chi connectivity index (χ1v) is 7.44. The number of aromatic nitrogens is 2. The molecule has 0 aliphatic heterocycles. The Hall–Kier alpha value is -3.03. The van der Waals surface area contributed by atoms with Crippen molar-refractivity contribution in [2.45, 2.75) is 12.4 Å². The number of nitrogens with zero attached hydrogens (tertiary/aromatic N) is 4. The van der Waals surface area contributed by atoms with Crippen molar-refractivity contribution in [3.63, 3.8) is 0 Å². The Balaban J connectivity index is 2.24. The molecule has 0 saturated carbocycles. The molecule has 0 N–H and O–H groups in total. The fraction of sp³-hybridized carbons (Fsp3) is 0.312. The Labute approximate surface area is 149 Å². The van der Waals surface area contributed by atoms with Crippen LogP contribution in [0.15, 0.2) is 36.5 Å². The van der Waals surface area contributed by atoms with Crippen LogP contribution in [0.2, 0.25) is 0 Å². The van der Waals surface area contributed by atoms with Gasteiger partial charge in [-0.05, 0) is 24.3 Å². The molecule has 0 saturated heterocycles. The SMILES string of the molecule is N#Cc1ccc(N(CCOc2cccnn2)CC(F)(F)F)cc1C(F)(F)F. The van der Waals surface area contributed by atoms with Crippen molar-refractivity contribution in [2.75, 3.05) is 24.6 Å². The number of nitriles is 1. The molecule has 2 aromatic rings. The highest BCUT2D eigenvalue weighted by molar-refractivity contribution is 5.55. The molecule has 0 amide bonds. The van der Waals surface area contributed by atoms with Crippen LogP contribution in [0, 0.1) is 11.3 Å². The number of hydrogen-bond acceptors (Lipinski definition) is 5. The zero-order chi connectivity index (χ0) is 20.1. The molecule has 27 heavy (non-hydrogen) atoms. The first-order valence-electron chi connectivity index (χ1n) is 7.44. The van der Waals surface area contributed by atoms with Crippen LogP contribution >= 0.6 is 0 Å². The Morgan fingerprint density at radius 3 is 2.41 bits per heavy atom. The topological polar surface area (TPSA) is 62.0 Å². The number of alkyl halides is 6. The van der Waals surface area contributed by atoms with Crippen molar-refractivity contribution < 1.29 is 31.1 Å². The summed E-state index contributed by atoms with van der Waals surface area (Å²) in [5.41, 5.74) is -2.31. The van der Waals surface area contributed by atoms with Crippen molar-refractivity contribution in [1.29, 1.82) is 5.26 Å². The first kappa shape index (κ1) is 20.3. The molecular formula is C16H12F6N4O. The molecule has 0 unspecified atom stereocenters. The van der Waals surface area contributed by atoms with Gasteiger partial charge >= 0.3 is 12.4 Å². The van der Waals surface area contributed by atoms with Crippen LogP contribution in [-0.4, -0.2) is 36.1 Å². The number of halogens is 6. The Morgan fingerprint density at radius 1 is 1.11 bits per heavy atom. The number of benzene rings is 1. The summed E-state index contributed by atoms with van der Waals surface area (Å²) >= 11 is 0. The van der Waals surface area contributed by atoms with Crippen molar-refractivity contribution in [2.24, 2.45) is 0 Å². The van der Waals surface area contributed by atoms with E-state index in [0.717, 1.165) is 12.1 Å². The zero-order valence-electron chi connectivity index (χ0n) is 13.6. The third-order valence-electron chi connectivity index (χ3n) is 3.32. The van der Waals surface area contributed by atoms with E-state index in [9.17, 15) is 26.3 Å². The van der Waals surface area contributed by atoms with Gasteiger partial charge in [-0.3, -0.25) is 0 Å². The molecule has 0 fully saturated rings. The molecule has 0 aliphatic rings. The molecule has 1 aromatic heterocycles. The van der Waals surface area contributed by atoms with Crippen molar-refractivity contribution in [3.05, 3.63) is 47.7 Å². The van der Waals surface area contributed by atoms with Gasteiger partial charge in [0.15, 0.2) is 0 Å². The molecular weight excluding hydrogens is 378 g/mol. The molecule has 0 spiro atoms. The second-order valence-electron chi connectivity index (χ2n) is 5.29. The van der Waals surface area contributed by atoms with E-state index in [2.05, 4.69) is 10.2 Å². The third kappa shape index (κ3) is 6.02. The van der Waals surface area contributed by atoms with Crippen LogP contribution < -0.4 is 9.64 Å². The van der Waals surface area contributed by atoms with Gasteiger partial charge in [-0.2, -0.15) is 36.7 Å². The Bertz CT molecular complexity index is 801. The number of rotatable bonds is 6. The van der Waals surface area contributed by atoms with E-state index >= 15 is 0 Å². The zero-order valence-corrected chi connectivity index (χ0v) is 13.6. The molecule has 11 heteroatoms. The number of ether oxygens (including phenoxy) is 1. The maximum Gasteiger partial charge on any atom is 0.417 e. The molecule has 0 atom stereocenters. The van der Waals surface area contributed by atoms with E-state index in [1.54, 1.807) is 0 Å². The summed E-state index contributed by atoms with van der Waals surface area (Å²) in [6.07, 6.45) is -8.15. The molecule has 2 rings (SSSR count). The Morgan fingerprint density at radius 2 is 1.85 bits per heavy atom. The van der Waals surface area contributed by atoms with E-state index in [1.165, 1.54) is 24.4 Å². The van der Waals surface area contributed by atoms with Gasteiger partial charge in [0.25, 0.3) is 0 Å². The average molecular weight is 390 g/mol. The average Bonchev–Trinajstić information content (AvgIpc) is 2.59.